The molecule has 7 N–H and O–H groups in total. The van der Waals surface area contributed by atoms with Crippen LogP contribution in [0.3, 0.4) is 0 Å². The third kappa shape index (κ3) is 8.56. The highest BCUT2D eigenvalue weighted by Gasteiger charge is 2.43. The first kappa shape index (κ1) is 35.8. The summed E-state index contributed by atoms with van der Waals surface area (Å²) < 4.78 is 28.4. The first-order valence-corrected chi connectivity index (χ1v) is 18.4. The molecular formula is C37H47N7O4S. The fourth-order valence-corrected chi connectivity index (χ4v) is 7.51. The molecular weight excluding hydrogens is 639 g/mol. The van der Waals surface area contributed by atoms with Gasteiger partial charge in [0.05, 0.1) is 23.9 Å². The highest BCUT2D eigenvalue weighted by Crippen LogP contribution is 2.25. The molecule has 4 unspecified atom stereocenters. The molecule has 1 fully saturated rings. The number of carbonyl (C=O) groups excluding carboxylic acids is 2. The molecule has 1 heterocycles. The third-order valence-corrected chi connectivity index (χ3v) is 10.8. The lowest BCUT2D eigenvalue weighted by Gasteiger charge is -2.48. The molecule has 2 amide bonds. The lowest BCUT2D eigenvalue weighted by molar-refractivity contribution is -0.148. The van der Waals surface area contributed by atoms with Crippen molar-refractivity contribution < 1.29 is 18.0 Å². The van der Waals surface area contributed by atoms with E-state index in [4.69, 9.17) is 17.2 Å². The summed E-state index contributed by atoms with van der Waals surface area (Å²) in [6.07, 6.45) is 0.975. The van der Waals surface area contributed by atoms with Gasteiger partial charge in [-0.2, -0.15) is 0 Å². The van der Waals surface area contributed by atoms with Crippen LogP contribution in [0.5, 0.6) is 0 Å². The molecule has 4 aromatic rings. The second-order valence-electron chi connectivity index (χ2n) is 12.9. The molecule has 0 spiro atoms. The van der Waals surface area contributed by atoms with Gasteiger partial charge < -0.3 is 27.0 Å². The number of nitrogens with two attached hydrogens (primary N) is 3. The summed E-state index contributed by atoms with van der Waals surface area (Å²) in [7, 11) is -3.75. The van der Waals surface area contributed by atoms with Crippen molar-refractivity contribution in [2.45, 2.75) is 70.2 Å². The molecule has 12 heteroatoms. The van der Waals surface area contributed by atoms with Crippen molar-refractivity contribution in [1.29, 1.82) is 0 Å². The van der Waals surface area contributed by atoms with Crippen LogP contribution < -0.4 is 21.9 Å². The predicted molar refractivity (Wildman–Crippen MR) is 196 cm³/mol. The number of piperazine rings is 1. The Balaban J connectivity index is 1.42. The molecule has 1 aliphatic rings. The number of carbonyl (C=O) groups is 2. The Bertz CT molecular complexity index is 1950. The molecule has 0 aliphatic carbocycles. The fourth-order valence-electron chi connectivity index (χ4n) is 6.73. The van der Waals surface area contributed by atoms with E-state index in [9.17, 15) is 18.0 Å². The minimum Gasteiger partial charge on any atom is -0.370 e. The monoisotopic (exact) mass is 685 g/mol. The van der Waals surface area contributed by atoms with Crippen LogP contribution in [-0.4, -0.2) is 85.0 Å². The number of nitrogens with one attached hydrogen (secondary N) is 1. The zero-order valence-electron chi connectivity index (χ0n) is 28.3. The number of hydrogen-bond acceptors (Lipinski definition) is 6. The van der Waals surface area contributed by atoms with Gasteiger partial charge in [0.1, 0.15) is 6.04 Å². The molecule has 260 valence electrons. The minimum atomic E-state index is -3.75. The maximum absolute atomic E-state index is 14.4. The highest BCUT2D eigenvalue weighted by atomic mass is 32.2. The van der Waals surface area contributed by atoms with Gasteiger partial charge in [-0.05, 0) is 65.8 Å². The molecule has 4 aromatic carbocycles. The smallest absolute Gasteiger partial charge is 0.241 e. The van der Waals surface area contributed by atoms with Gasteiger partial charge in [-0.25, -0.2) is 18.1 Å². The Morgan fingerprint density at radius 1 is 0.816 bits per heavy atom. The van der Waals surface area contributed by atoms with E-state index in [0.717, 1.165) is 32.7 Å². The second-order valence-corrected chi connectivity index (χ2v) is 14.9. The molecule has 5 atom stereocenters. The van der Waals surface area contributed by atoms with Gasteiger partial charge in [-0.15, -0.1) is 0 Å². The van der Waals surface area contributed by atoms with Crippen molar-refractivity contribution >= 4 is 49.3 Å². The van der Waals surface area contributed by atoms with E-state index in [0.29, 0.717) is 12.8 Å². The van der Waals surface area contributed by atoms with Crippen molar-refractivity contribution in [3.05, 3.63) is 96.1 Å². The standard InChI is InChI=1S/C37H47N7O4S/c1-4-32(41-37(39)40)34-23-43(24(3)22-44(34)35(45)31(38)20-25-14-16-27-10-6-8-12-29(27)18-25)36(46)33(42-49(47,48)5-2)21-26-15-17-28-11-7-9-13-30(28)19-26/h6-19,24,31-34,42H,4-5,20-23,38H2,1-3H3,(H4,39,40,41)/t24?,31?,32-,33?,34?/m0/s1. The summed E-state index contributed by atoms with van der Waals surface area (Å²) in [4.78, 5) is 36.3. The summed E-state index contributed by atoms with van der Waals surface area (Å²) >= 11 is 0. The quantitative estimate of drug-likeness (QED) is 0.131. The molecule has 5 rings (SSSR count). The molecule has 1 aliphatic heterocycles. The van der Waals surface area contributed by atoms with Crippen LogP contribution >= 0.6 is 0 Å². The Morgan fingerprint density at radius 3 is 1.90 bits per heavy atom. The Hall–Kier alpha value is -4.52. The van der Waals surface area contributed by atoms with Gasteiger partial charge in [0.15, 0.2) is 5.96 Å². The summed E-state index contributed by atoms with van der Waals surface area (Å²) in [5.41, 5.74) is 20.0. The number of fused-ring (bicyclic) bond motifs is 2. The van der Waals surface area contributed by atoms with Crippen LogP contribution in [0, 0.1) is 0 Å². The Morgan fingerprint density at radius 2 is 1.37 bits per heavy atom. The summed E-state index contributed by atoms with van der Waals surface area (Å²) in [5, 5.41) is 4.20. The molecule has 49 heavy (non-hydrogen) atoms. The molecule has 0 saturated carbocycles. The van der Waals surface area contributed by atoms with E-state index in [2.05, 4.69) is 9.71 Å². The number of benzene rings is 4. The lowest BCUT2D eigenvalue weighted by Crippen LogP contribution is -2.67. The van der Waals surface area contributed by atoms with E-state index in [1.54, 1.807) is 9.80 Å². The number of sulfonamides is 1. The number of nitrogens with zero attached hydrogens (tertiary/aromatic N) is 3. The Labute approximate surface area is 288 Å². The van der Waals surface area contributed by atoms with Gasteiger partial charge in [-0.3, -0.25) is 9.59 Å². The van der Waals surface area contributed by atoms with E-state index >= 15 is 0 Å². The topological polar surface area (TPSA) is 177 Å². The molecule has 0 radical (unpaired) electrons. The SMILES string of the molecule is CC[C@H](N=C(N)N)C1CN(C(=O)C(Cc2ccc3ccccc3c2)NS(=O)(=O)CC)C(C)CN1C(=O)C(N)Cc1ccc2ccccc2c1. The van der Waals surface area contributed by atoms with Crippen molar-refractivity contribution in [2.24, 2.45) is 22.2 Å². The lowest BCUT2D eigenvalue weighted by atomic mass is 9.95. The zero-order chi connectivity index (χ0) is 35.3. The number of amides is 2. The summed E-state index contributed by atoms with van der Waals surface area (Å²) in [6.45, 7) is 5.58. The maximum atomic E-state index is 14.4. The van der Waals surface area contributed by atoms with Crippen molar-refractivity contribution in [3.63, 3.8) is 0 Å². The van der Waals surface area contributed by atoms with Gasteiger partial charge in [0, 0.05) is 19.1 Å². The van der Waals surface area contributed by atoms with E-state index in [1.165, 1.54) is 6.92 Å². The van der Waals surface area contributed by atoms with Crippen LogP contribution in [0.2, 0.25) is 0 Å². The molecule has 0 aromatic heterocycles. The van der Waals surface area contributed by atoms with Crippen molar-refractivity contribution in [3.8, 4) is 0 Å². The number of aliphatic imine (C=N–C) groups is 1. The predicted octanol–water partition coefficient (Wildman–Crippen LogP) is 2.89. The van der Waals surface area contributed by atoms with Crippen LogP contribution in [0.15, 0.2) is 89.9 Å². The summed E-state index contributed by atoms with van der Waals surface area (Å²) in [5.74, 6) is -0.941. The fraction of sp³-hybridized carbons (Fsp3) is 0.378. The van der Waals surface area contributed by atoms with Crippen LogP contribution in [0.1, 0.15) is 38.3 Å². The van der Waals surface area contributed by atoms with E-state index in [1.807, 2.05) is 98.8 Å². The van der Waals surface area contributed by atoms with Gasteiger partial charge >= 0.3 is 0 Å². The molecule has 0 bridgehead atoms. The Kier molecular flexibility index (Phi) is 11.2. The zero-order valence-corrected chi connectivity index (χ0v) is 29.1. The van der Waals surface area contributed by atoms with Crippen LogP contribution in [-0.2, 0) is 32.5 Å². The highest BCUT2D eigenvalue weighted by molar-refractivity contribution is 7.89. The number of guanidine groups is 1. The number of hydrogen-bond donors (Lipinski definition) is 4. The summed E-state index contributed by atoms with van der Waals surface area (Å²) in [6, 6.07) is 24.3. The van der Waals surface area contributed by atoms with Gasteiger partial charge in [0.25, 0.3) is 0 Å². The second kappa shape index (κ2) is 15.4. The van der Waals surface area contributed by atoms with Crippen molar-refractivity contribution in [1.82, 2.24) is 14.5 Å². The van der Waals surface area contributed by atoms with Gasteiger partial charge in [-0.1, -0.05) is 91.9 Å². The largest absolute Gasteiger partial charge is 0.370 e. The minimum absolute atomic E-state index is 0.103. The average molecular weight is 686 g/mol. The van der Waals surface area contributed by atoms with Gasteiger partial charge in [0.2, 0.25) is 21.8 Å². The number of rotatable bonds is 12. The average Bonchev–Trinajstić information content (AvgIpc) is 3.09. The van der Waals surface area contributed by atoms with Crippen LogP contribution in [0.4, 0.5) is 0 Å². The van der Waals surface area contributed by atoms with E-state index in [-0.39, 0.29) is 43.0 Å². The third-order valence-electron chi connectivity index (χ3n) is 9.36. The van der Waals surface area contributed by atoms with Crippen LogP contribution in [0.25, 0.3) is 21.5 Å². The van der Waals surface area contributed by atoms with Crippen molar-refractivity contribution in [2.75, 3.05) is 18.8 Å². The first-order valence-electron chi connectivity index (χ1n) is 16.8. The van der Waals surface area contributed by atoms with E-state index < -0.39 is 40.2 Å². The normalized spacial score (nSPS) is 18.6. The molecule has 11 nitrogen and oxygen atoms in total. The first-order chi connectivity index (χ1) is 23.4. The maximum Gasteiger partial charge on any atom is 0.241 e. The molecule has 1 saturated heterocycles.